The van der Waals surface area contributed by atoms with E-state index in [1.165, 1.54) is 10.7 Å². The van der Waals surface area contributed by atoms with Gasteiger partial charge in [-0.2, -0.15) is 4.57 Å². The standard InChI is InChI=1S/C18H26N2S/c1-18(2,3)16-10-5-7-12-19(16)14-9-15-20-13-8-6-11-17(20)21-4/h5-8,10-13H,9,14-15H2,1-4H3/q+2. The first kappa shape index (κ1) is 16.0. The molecule has 3 heteroatoms. The van der Waals surface area contributed by atoms with Crippen LogP contribution in [0.15, 0.2) is 53.8 Å². The third kappa shape index (κ3) is 4.31. The highest BCUT2D eigenvalue weighted by molar-refractivity contribution is 7.98. The molecule has 0 aliphatic heterocycles. The van der Waals surface area contributed by atoms with Gasteiger partial charge in [0.2, 0.25) is 5.03 Å². The van der Waals surface area contributed by atoms with Gasteiger partial charge in [-0.25, -0.2) is 4.57 Å². The van der Waals surface area contributed by atoms with Gasteiger partial charge in [0.05, 0.1) is 6.42 Å². The average Bonchev–Trinajstić information content (AvgIpc) is 2.47. The molecule has 0 saturated carbocycles. The van der Waals surface area contributed by atoms with Gasteiger partial charge in [-0.15, -0.1) is 0 Å². The second-order valence-corrected chi connectivity index (χ2v) is 7.15. The summed E-state index contributed by atoms with van der Waals surface area (Å²) < 4.78 is 4.73. The Hall–Kier alpha value is -1.35. The van der Waals surface area contributed by atoms with E-state index in [0.717, 1.165) is 19.5 Å². The summed E-state index contributed by atoms with van der Waals surface area (Å²) in [7, 11) is 0. The molecule has 0 aliphatic rings. The Balaban J connectivity index is 2.04. The van der Waals surface area contributed by atoms with Crippen molar-refractivity contribution >= 4 is 11.8 Å². The second kappa shape index (κ2) is 7.08. The number of nitrogens with zero attached hydrogens (tertiary/aromatic N) is 2. The zero-order valence-corrected chi connectivity index (χ0v) is 14.4. The molecule has 0 aliphatic carbocycles. The van der Waals surface area contributed by atoms with E-state index < -0.39 is 0 Å². The molecule has 0 amide bonds. The van der Waals surface area contributed by atoms with E-state index in [1.807, 2.05) is 0 Å². The topological polar surface area (TPSA) is 7.76 Å². The summed E-state index contributed by atoms with van der Waals surface area (Å²) in [6.45, 7) is 8.94. The lowest BCUT2D eigenvalue weighted by molar-refractivity contribution is -0.751. The van der Waals surface area contributed by atoms with Gasteiger partial charge in [0.1, 0.15) is 0 Å². The van der Waals surface area contributed by atoms with Gasteiger partial charge < -0.3 is 0 Å². The Morgan fingerprint density at radius 3 is 2.19 bits per heavy atom. The maximum atomic E-state index is 2.39. The van der Waals surface area contributed by atoms with Crippen molar-refractivity contribution < 1.29 is 9.13 Å². The lowest BCUT2D eigenvalue weighted by Gasteiger charge is -2.16. The van der Waals surface area contributed by atoms with Crippen LogP contribution >= 0.6 is 11.8 Å². The van der Waals surface area contributed by atoms with E-state index in [9.17, 15) is 0 Å². The van der Waals surface area contributed by atoms with Crippen molar-refractivity contribution in [1.82, 2.24) is 0 Å². The predicted octanol–water partition coefficient (Wildman–Crippen LogP) is 3.37. The van der Waals surface area contributed by atoms with Crippen LogP contribution in [-0.2, 0) is 18.5 Å². The summed E-state index contributed by atoms with van der Waals surface area (Å²) in [5.41, 5.74) is 1.58. The van der Waals surface area contributed by atoms with Crippen molar-refractivity contribution in [2.75, 3.05) is 6.26 Å². The van der Waals surface area contributed by atoms with Crippen molar-refractivity contribution in [3.63, 3.8) is 0 Å². The van der Waals surface area contributed by atoms with Gasteiger partial charge in [-0.3, -0.25) is 0 Å². The maximum absolute atomic E-state index is 2.39. The average molecular weight is 302 g/mol. The van der Waals surface area contributed by atoms with Gasteiger partial charge in [0, 0.05) is 29.7 Å². The van der Waals surface area contributed by atoms with Crippen LogP contribution in [0.3, 0.4) is 0 Å². The van der Waals surface area contributed by atoms with Crippen LogP contribution in [0, 0.1) is 0 Å². The smallest absolute Gasteiger partial charge is 0.202 e. The molecule has 0 aromatic carbocycles. The van der Waals surface area contributed by atoms with Gasteiger partial charge in [-0.05, 0) is 12.3 Å². The summed E-state index contributed by atoms with van der Waals surface area (Å²) in [4.78, 5) is 0. The highest BCUT2D eigenvalue weighted by Gasteiger charge is 2.24. The van der Waals surface area contributed by atoms with Gasteiger partial charge in [0.15, 0.2) is 31.2 Å². The molecular formula is C18H26N2S+2. The first-order valence-corrected chi connectivity index (χ1v) is 8.76. The summed E-state index contributed by atoms with van der Waals surface area (Å²) >= 11 is 1.81. The van der Waals surface area contributed by atoms with E-state index in [4.69, 9.17) is 0 Å². The fourth-order valence-corrected chi connectivity index (χ4v) is 3.20. The zero-order chi connectivity index (χ0) is 15.3. The minimum Gasteiger partial charge on any atom is -0.202 e. The van der Waals surface area contributed by atoms with Gasteiger partial charge in [0.25, 0.3) is 0 Å². The zero-order valence-electron chi connectivity index (χ0n) is 13.5. The summed E-state index contributed by atoms with van der Waals surface area (Å²) in [6.07, 6.45) is 7.65. The molecule has 2 aromatic heterocycles. The number of hydrogen-bond acceptors (Lipinski definition) is 1. The van der Waals surface area contributed by atoms with Crippen molar-refractivity contribution in [3.8, 4) is 0 Å². The number of hydrogen-bond donors (Lipinski definition) is 0. The van der Waals surface area contributed by atoms with Gasteiger partial charge >= 0.3 is 0 Å². The number of aryl methyl sites for hydroxylation is 2. The molecule has 0 bridgehead atoms. The monoisotopic (exact) mass is 302 g/mol. The van der Waals surface area contributed by atoms with Crippen molar-refractivity contribution in [2.45, 2.75) is 50.7 Å². The highest BCUT2D eigenvalue weighted by atomic mass is 32.2. The van der Waals surface area contributed by atoms with Crippen molar-refractivity contribution in [3.05, 3.63) is 54.5 Å². The van der Waals surface area contributed by atoms with E-state index in [-0.39, 0.29) is 5.41 Å². The molecule has 0 radical (unpaired) electrons. The second-order valence-electron chi connectivity index (χ2n) is 6.32. The van der Waals surface area contributed by atoms with Crippen LogP contribution < -0.4 is 9.13 Å². The van der Waals surface area contributed by atoms with E-state index in [0.29, 0.717) is 0 Å². The Morgan fingerprint density at radius 1 is 0.905 bits per heavy atom. The molecule has 0 atom stereocenters. The Bertz CT molecular complexity index is 588. The van der Waals surface area contributed by atoms with E-state index >= 15 is 0 Å². The van der Waals surface area contributed by atoms with Crippen LogP contribution in [0.1, 0.15) is 32.9 Å². The summed E-state index contributed by atoms with van der Waals surface area (Å²) in [6, 6.07) is 12.9. The Morgan fingerprint density at radius 2 is 1.52 bits per heavy atom. The molecule has 0 spiro atoms. The predicted molar refractivity (Wildman–Crippen MR) is 88.4 cm³/mol. The SMILES string of the molecule is CSc1cccc[n+]1CCC[n+]1ccccc1C(C)(C)C. The third-order valence-electron chi connectivity index (χ3n) is 3.62. The normalized spacial score (nSPS) is 11.6. The number of aromatic nitrogens is 2. The Kier molecular flexibility index (Phi) is 5.40. The summed E-state index contributed by atoms with van der Waals surface area (Å²) in [5, 5.41) is 1.33. The van der Waals surface area contributed by atoms with Crippen LogP contribution in [0.2, 0.25) is 0 Å². The minimum absolute atomic E-state index is 0.186. The number of rotatable bonds is 5. The fraction of sp³-hybridized carbons (Fsp3) is 0.444. The first-order chi connectivity index (χ1) is 10.0. The molecule has 0 fully saturated rings. The molecule has 21 heavy (non-hydrogen) atoms. The van der Waals surface area contributed by atoms with E-state index in [2.05, 4.69) is 85.0 Å². The summed E-state index contributed by atoms with van der Waals surface area (Å²) in [5.74, 6) is 0. The molecule has 0 saturated heterocycles. The molecule has 2 nitrogen and oxygen atoms in total. The van der Waals surface area contributed by atoms with Crippen LogP contribution in [-0.4, -0.2) is 6.26 Å². The lowest BCUT2D eigenvalue weighted by Crippen LogP contribution is -2.45. The number of pyridine rings is 2. The molecular weight excluding hydrogens is 276 g/mol. The lowest BCUT2D eigenvalue weighted by atomic mass is 9.91. The van der Waals surface area contributed by atoms with Crippen molar-refractivity contribution in [1.29, 1.82) is 0 Å². The van der Waals surface area contributed by atoms with E-state index in [1.54, 1.807) is 11.8 Å². The molecule has 2 rings (SSSR count). The van der Waals surface area contributed by atoms with Gasteiger partial charge in [-0.1, -0.05) is 38.6 Å². The number of thioether (sulfide) groups is 1. The molecule has 0 unspecified atom stereocenters. The third-order valence-corrected chi connectivity index (χ3v) is 4.40. The largest absolute Gasteiger partial charge is 0.239 e. The minimum atomic E-state index is 0.186. The molecule has 0 N–H and O–H groups in total. The van der Waals surface area contributed by atoms with Crippen molar-refractivity contribution in [2.24, 2.45) is 0 Å². The maximum Gasteiger partial charge on any atom is 0.239 e. The highest BCUT2D eigenvalue weighted by Crippen LogP contribution is 2.17. The quantitative estimate of drug-likeness (QED) is 0.607. The van der Waals surface area contributed by atoms with Crippen LogP contribution in [0.4, 0.5) is 0 Å². The fourth-order valence-electron chi connectivity index (χ4n) is 2.59. The molecule has 2 aromatic rings. The molecule has 2 heterocycles. The first-order valence-electron chi connectivity index (χ1n) is 7.54. The molecule has 112 valence electrons. The Labute approximate surface area is 132 Å². The van der Waals surface area contributed by atoms with Crippen LogP contribution in [0.25, 0.3) is 0 Å². The van der Waals surface area contributed by atoms with Crippen LogP contribution in [0.5, 0.6) is 0 Å².